The molecule has 0 nitrogen and oxygen atoms in total. The lowest BCUT2D eigenvalue weighted by Crippen LogP contribution is -2.24. The van der Waals surface area contributed by atoms with Gasteiger partial charge in [0, 0.05) is 4.75 Å². The maximum atomic E-state index is 2.35. The number of thioether (sulfide) groups is 1. The Bertz CT molecular complexity index is 400. The van der Waals surface area contributed by atoms with Crippen LogP contribution in [-0.4, -0.2) is 10.5 Å². The number of rotatable bonds is 10. The molecule has 1 fully saturated rings. The van der Waals surface area contributed by atoms with E-state index in [-0.39, 0.29) is 0 Å². The highest BCUT2D eigenvalue weighted by Crippen LogP contribution is 2.44. The van der Waals surface area contributed by atoms with Gasteiger partial charge in [-0.3, -0.25) is 0 Å². The van der Waals surface area contributed by atoms with Crippen LogP contribution in [0.2, 0.25) is 0 Å². The molecular formula is C21H34S. The van der Waals surface area contributed by atoms with Crippen molar-refractivity contribution >= 4 is 11.8 Å². The third-order valence-electron chi connectivity index (χ3n) is 5.07. The van der Waals surface area contributed by atoms with Gasteiger partial charge >= 0.3 is 0 Å². The molecule has 2 rings (SSSR count). The van der Waals surface area contributed by atoms with E-state index in [1.165, 1.54) is 81.9 Å². The molecule has 0 bridgehead atoms. The lowest BCUT2D eigenvalue weighted by atomic mass is 9.96. The second-order valence-corrected chi connectivity index (χ2v) is 8.73. The molecule has 1 saturated carbocycles. The van der Waals surface area contributed by atoms with E-state index in [1.807, 2.05) is 0 Å². The van der Waals surface area contributed by atoms with Crippen molar-refractivity contribution in [1.29, 1.82) is 0 Å². The average Bonchev–Trinajstić information content (AvgIpc) is 2.97. The molecule has 0 heterocycles. The summed E-state index contributed by atoms with van der Waals surface area (Å²) < 4.78 is 0.554. The zero-order chi connectivity index (χ0) is 15.7. The summed E-state index contributed by atoms with van der Waals surface area (Å²) in [6.07, 6.45) is 15.5. The van der Waals surface area contributed by atoms with Gasteiger partial charge in [0.15, 0.2) is 0 Å². The second-order valence-electron chi connectivity index (χ2n) is 7.17. The lowest BCUT2D eigenvalue weighted by molar-refractivity contribution is 0.598. The lowest BCUT2D eigenvalue weighted by Gasteiger charge is -2.29. The first-order chi connectivity index (χ1) is 10.7. The quantitative estimate of drug-likeness (QED) is 0.421. The van der Waals surface area contributed by atoms with Crippen LogP contribution in [0.3, 0.4) is 0 Å². The van der Waals surface area contributed by atoms with E-state index in [0.717, 1.165) is 0 Å². The molecular weight excluding hydrogens is 284 g/mol. The highest BCUT2D eigenvalue weighted by molar-refractivity contribution is 8.00. The summed E-state index contributed by atoms with van der Waals surface area (Å²) in [4.78, 5) is 0. The van der Waals surface area contributed by atoms with E-state index in [9.17, 15) is 0 Å². The predicted octanol–water partition coefficient (Wildman–Crippen LogP) is 6.94. The zero-order valence-corrected chi connectivity index (χ0v) is 15.5. The first-order valence-corrected chi connectivity index (χ1v) is 10.4. The number of aryl methyl sites for hydroxylation is 1. The minimum atomic E-state index is 0.554. The molecule has 0 aliphatic heterocycles. The summed E-state index contributed by atoms with van der Waals surface area (Å²) in [5, 5.41) is 0. The molecule has 1 aliphatic carbocycles. The first kappa shape index (κ1) is 17.9. The molecule has 1 aromatic carbocycles. The predicted molar refractivity (Wildman–Crippen MR) is 102 cm³/mol. The van der Waals surface area contributed by atoms with Gasteiger partial charge in [0.1, 0.15) is 0 Å². The van der Waals surface area contributed by atoms with Crippen molar-refractivity contribution in [2.24, 2.45) is 0 Å². The maximum Gasteiger partial charge on any atom is 0.0200 e. The summed E-state index contributed by atoms with van der Waals surface area (Å²) in [5.74, 6) is 1.37. The molecule has 0 spiro atoms. The van der Waals surface area contributed by atoms with Gasteiger partial charge in [-0.1, -0.05) is 81.7 Å². The maximum absolute atomic E-state index is 2.35. The van der Waals surface area contributed by atoms with Crippen LogP contribution in [0.1, 0.15) is 82.3 Å². The smallest absolute Gasteiger partial charge is 0.0200 e. The van der Waals surface area contributed by atoms with Gasteiger partial charge in [-0.2, -0.15) is 11.8 Å². The van der Waals surface area contributed by atoms with Crippen LogP contribution in [0.25, 0.3) is 0 Å². The Hall–Kier alpha value is -0.430. The van der Waals surface area contributed by atoms with E-state index < -0.39 is 0 Å². The Morgan fingerprint density at radius 2 is 1.55 bits per heavy atom. The molecule has 0 unspecified atom stereocenters. The van der Waals surface area contributed by atoms with Crippen LogP contribution in [0.5, 0.6) is 0 Å². The van der Waals surface area contributed by atoms with Crippen LogP contribution < -0.4 is 0 Å². The summed E-state index contributed by atoms with van der Waals surface area (Å²) in [6.45, 7) is 4.48. The summed E-state index contributed by atoms with van der Waals surface area (Å²) in [7, 11) is 0. The van der Waals surface area contributed by atoms with Crippen molar-refractivity contribution in [3.63, 3.8) is 0 Å². The van der Waals surface area contributed by atoms with E-state index in [2.05, 4.69) is 49.9 Å². The highest BCUT2D eigenvalue weighted by atomic mass is 32.2. The van der Waals surface area contributed by atoms with E-state index in [1.54, 1.807) is 5.56 Å². The van der Waals surface area contributed by atoms with E-state index >= 15 is 0 Å². The van der Waals surface area contributed by atoms with Gasteiger partial charge in [-0.05, 0) is 43.9 Å². The van der Waals surface area contributed by atoms with E-state index in [4.69, 9.17) is 0 Å². The molecule has 0 saturated heterocycles. The highest BCUT2D eigenvalue weighted by Gasteiger charge is 2.34. The SMILES string of the molecule is CCCCCCCCSC1(Cc2ccc(C)cc2)CCCC1. The van der Waals surface area contributed by atoms with E-state index in [0.29, 0.717) is 4.75 Å². The van der Waals surface area contributed by atoms with Gasteiger partial charge in [-0.25, -0.2) is 0 Å². The Kier molecular flexibility index (Phi) is 7.86. The van der Waals surface area contributed by atoms with Gasteiger partial charge in [0.25, 0.3) is 0 Å². The Balaban J connectivity index is 1.75. The van der Waals surface area contributed by atoms with Crippen molar-refractivity contribution in [3.05, 3.63) is 35.4 Å². The summed E-state index contributed by atoms with van der Waals surface area (Å²) >= 11 is 2.29. The Morgan fingerprint density at radius 1 is 0.909 bits per heavy atom. The Morgan fingerprint density at radius 3 is 2.23 bits per heavy atom. The van der Waals surface area contributed by atoms with Crippen molar-refractivity contribution in [3.8, 4) is 0 Å². The minimum Gasteiger partial charge on any atom is -0.155 e. The largest absolute Gasteiger partial charge is 0.155 e. The van der Waals surface area contributed by atoms with Crippen LogP contribution in [0.15, 0.2) is 24.3 Å². The molecule has 124 valence electrons. The van der Waals surface area contributed by atoms with Crippen LogP contribution in [0, 0.1) is 6.92 Å². The first-order valence-electron chi connectivity index (χ1n) is 9.44. The molecule has 0 aromatic heterocycles. The van der Waals surface area contributed by atoms with Gasteiger partial charge in [-0.15, -0.1) is 0 Å². The minimum absolute atomic E-state index is 0.554. The summed E-state index contributed by atoms with van der Waals surface area (Å²) in [6, 6.07) is 9.24. The third-order valence-corrected chi connectivity index (χ3v) is 6.73. The monoisotopic (exact) mass is 318 g/mol. The molecule has 0 radical (unpaired) electrons. The van der Waals surface area contributed by atoms with Crippen molar-refractivity contribution in [1.82, 2.24) is 0 Å². The van der Waals surface area contributed by atoms with Crippen molar-refractivity contribution < 1.29 is 0 Å². The average molecular weight is 319 g/mol. The fourth-order valence-corrected chi connectivity index (χ4v) is 5.27. The molecule has 0 atom stereocenters. The second kappa shape index (κ2) is 9.65. The number of hydrogen-bond acceptors (Lipinski definition) is 1. The molecule has 1 heteroatoms. The number of unbranched alkanes of at least 4 members (excludes halogenated alkanes) is 5. The van der Waals surface area contributed by atoms with Crippen LogP contribution in [0.4, 0.5) is 0 Å². The van der Waals surface area contributed by atoms with Crippen molar-refractivity contribution in [2.75, 3.05) is 5.75 Å². The topological polar surface area (TPSA) is 0 Å². The Labute approximate surface area is 142 Å². The van der Waals surface area contributed by atoms with Crippen LogP contribution >= 0.6 is 11.8 Å². The number of hydrogen-bond donors (Lipinski definition) is 0. The molecule has 22 heavy (non-hydrogen) atoms. The standard InChI is InChI=1S/C21H34S/c1-3-4-5-6-7-10-17-22-21(15-8-9-16-21)18-20-13-11-19(2)12-14-20/h11-14H,3-10,15-18H2,1-2H3. The molecule has 1 aromatic rings. The molecule has 0 N–H and O–H groups in total. The fraction of sp³-hybridized carbons (Fsp3) is 0.714. The number of benzene rings is 1. The normalized spacial score (nSPS) is 17.0. The van der Waals surface area contributed by atoms with Gasteiger partial charge in [0.05, 0.1) is 0 Å². The summed E-state index contributed by atoms with van der Waals surface area (Å²) in [5.41, 5.74) is 2.92. The van der Waals surface area contributed by atoms with Crippen LogP contribution in [-0.2, 0) is 6.42 Å². The fourth-order valence-electron chi connectivity index (χ4n) is 3.64. The van der Waals surface area contributed by atoms with Gasteiger partial charge < -0.3 is 0 Å². The zero-order valence-electron chi connectivity index (χ0n) is 14.7. The third kappa shape index (κ3) is 5.99. The molecule has 1 aliphatic rings. The van der Waals surface area contributed by atoms with Crippen molar-refractivity contribution in [2.45, 2.75) is 89.2 Å². The van der Waals surface area contributed by atoms with Gasteiger partial charge in [0.2, 0.25) is 0 Å². The molecule has 0 amide bonds.